The maximum Gasteiger partial charge on any atom is 0.289 e. The second-order valence-corrected chi connectivity index (χ2v) is 7.01. The molecule has 2 aliphatic rings. The van der Waals surface area contributed by atoms with E-state index in [4.69, 9.17) is 11.6 Å². The van der Waals surface area contributed by atoms with Crippen molar-refractivity contribution in [1.82, 2.24) is 19.8 Å². The molecule has 4 rings (SSSR count). The van der Waals surface area contributed by atoms with Crippen molar-refractivity contribution in [3.63, 3.8) is 0 Å². The summed E-state index contributed by atoms with van der Waals surface area (Å²) in [6, 6.07) is 3.71. The maximum absolute atomic E-state index is 12.7. The van der Waals surface area contributed by atoms with Crippen molar-refractivity contribution in [3.8, 4) is 0 Å². The van der Waals surface area contributed by atoms with E-state index in [9.17, 15) is 4.79 Å². The van der Waals surface area contributed by atoms with Crippen LogP contribution in [-0.4, -0.2) is 58.9 Å². The summed E-state index contributed by atoms with van der Waals surface area (Å²) in [5.41, 5.74) is 2.56. The van der Waals surface area contributed by atoms with Crippen molar-refractivity contribution < 1.29 is 4.79 Å². The zero-order chi connectivity index (χ0) is 15.4. The summed E-state index contributed by atoms with van der Waals surface area (Å²) in [6.45, 7) is 5.78. The number of H-pyrrole nitrogens is 1. The summed E-state index contributed by atoms with van der Waals surface area (Å²) < 4.78 is 0. The quantitative estimate of drug-likeness (QED) is 0.876. The van der Waals surface area contributed by atoms with Crippen molar-refractivity contribution in [2.75, 3.05) is 33.2 Å². The molecular weight excluding hydrogens is 300 g/mol. The number of likely N-dealkylation sites (tertiary alicyclic amines) is 2. The lowest BCUT2D eigenvalue weighted by Gasteiger charge is -2.18. The second-order valence-electron chi connectivity index (χ2n) is 6.61. The fourth-order valence-corrected chi connectivity index (χ4v) is 3.98. The van der Waals surface area contributed by atoms with Gasteiger partial charge in [0.15, 0.2) is 5.82 Å². The Morgan fingerprint density at radius 2 is 1.95 bits per heavy atom. The van der Waals surface area contributed by atoms with Gasteiger partial charge in [0.1, 0.15) is 0 Å². The van der Waals surface area contributed by atoms with E-state index in [2.05, 4.69) is 21.9 Å². The van der Waals surface area contributed by atoms with Crippen molar-refractivity contribution in [1.29, 1.82) is 0 Å². The van der Waals surface area contributed by atoms with Crippen molar-refractivity contribution in [2.24, 2.45) is 11.8 Å². The van der Waals surface area contributed by atoms with Crippen LogP contribution >= 0.6 is 11.6 Å². The highest BCUT2D eigenvalue weighted by atomic mass is 35.5. The Hall–Kier alpha value is -1.59. The Balaban J connectivity index is 1.60. The summed E-state index contributed by atoms with van der Waals surface area (Å²) in [6.07, 6.45) is 0. The number of rotatable bonds is 1. The number of amides is 1. The van der Waals surface area contributed by atoms with Gasteiger partial charge in [-0.05, 0) is 43.5 Å². The number of hydrogen-bond donors (Lipinski definition) is 1. The van der Waals surface area contributed by atoms with Gasteiger partial charge in [0.25, 0.3) is 5.91 Å². The molecule has 0 bridgehead atoms. The van der Waals surface area contributed by atoms with Gasteiger partial charge < -0.3 is 14.8 Å². The van der Waals surface area contributed by atoms with Gasteiger partial charge >= 0.3 is 0 Å². The lowest BCUT2D eigenvalue weighted by atomic mass is 10.0. The van der Waals surface area contributed by atoms with E-state index in [0.29, 0.717) is 22.7 Å². The largest absolute Gasteiger partial charge is 0.335 e. The smallest absolute Gasteiger partial charge is 0.289 e. The molecule has 1 aromatic heterocycles. The second kappa shape index (κ2) is 4.96. The zero-order valence-electron chi connectivity index (χ0n) is 12.8. The first-order valence-corrected chi connectivity index (χ1v) is 8.03. The van der Waals surface area contributed by atoms with Gasteiger partial charge in [-0.2, -0.15) is 0 Å². The Morgan fingerprint density at radius 3 is 2.64 bits per heavy atom. The summed E-state index contributed by atoms with van der Waals surface area (Å²) >= 11 is 6.13. The first-order valence-electron chi connectivity index (χ1n) is 7.65. The van der Waals surface area contributed by atoms with Crippen LogP contribution in [-0.2, 0) is 0 Å². The molecule has 0 unspecified atom stereocenters. The van der Waals surface area contributed by atoms with Crippen molar-refractivity contribution in [2.45, 2.75) is 6.92 Å². The highest BCUT2D eigenvalue weighted by molar-refractivity contribution is 6.32. The first-order chi connectivity index (χ1) is 10.5. The van der Waals surface area contributed by atoms with Gasteiger partial charge in [-0.15, -0.1) is 0 Å². The predicted octanol–water partition coefficient (Wildman–Crippen LogP) is 2.16. The molecule has 1 amide bonds. The minimum atomic E-state index is 0.00350. The molecule has 0 spiro atoms. The molecule has 22 heavy (non-hydrogen) atoms. The lowest BCUT2D eigenvalue weighted by Crippen LogP contribution is -2.32. The average Bonchev–Trinajstić information content (AvgIpc) is 3.14. The zero-order valence-corrected chi connectivity index (χ0v) is 13.5. The molecular formula is C16H19ClN4O. The number of halogens is 1. The van der Waals surface area contributed by atoms with Crippen LogP contribution < -0.4 is 0 Å². The van der Waals surface area contributed by atoms with Gasteiger partial charge in [-0.1, -0.05) is 11.6 Å². The number of aryl methyl sites for hydroxylation is 1. The SMILES string of the molecule is Cc1c(Cl)ccc2[nH]c(C(=O)N3C[C@H]4CN(C)C[C@H]4C3)nc12. The first kappa shape index (κ1) is 14.0. The van der Waals surface area contributed by atoms with Crippen LogP contribution in [0.4, 0.5) is 0 Å². The molecule has 2 fully saturated rings. The van der Waals surface area contributed by atoms with Gasteiger partial charge in [-0.3, -0.25) is 4.79 Å². The molecule has 1 N–H and O–H groups in total. The van der Waals surface area contributed by atoms with E-state index in [1.165, 1.54) is 0 Å². The summed E-state index contributed by atoms with van der Waals surface area (Å²) in [4.78, 5) is 24.6. The number of carbonyl (C=O) groups is 1. The molecule has 0 radical (unpaired) electrons. The number of hydrogen-bond acceptors (Lipinski definition) is 3. The third-order valence-corrected chi connectivity index (χ3v) is 5.41. The molecule has 1 aromatic carbocycles. The maximum atomic E-state index is 12.7. The van der Waals surface area contributed by atoms with Crippen LogP contribution in [0.1, 0.15) is 16.2 Å². The molecule has 6 heteroatoms. The van der Waals surface area contributed by atoms with Crippen LogP contribution in [0.5, 0.6) is 0 Å². The Kier molecular flexibility index (Phi) is 3.16. The minimum absolute atomic E-state index is 0.00350. The van der Waals surface area contributed by atoms with Gasteiger partial charge in [-0.25, -0.2) is 4.98 Å². The van der Waals surface area contributed by atoms with Gasteiger partial charge in [0, 0.05) is 31.2 Å². The highest BCUT2D eigenvalue weighted by Gasteiger charge is 2.41. The van der Waals surface area contributed by atoms with E-state index in [-0.39, 0.29) is 5.91 Å². The Bertz CT molecular complexity index is 742. The number of aromatic nitrogens is 2. The van der Waals surface area contributed by atoms with Crippen molar-refractivity contribution in [3.05, 3.63) is 28.5 Å². The van der Waals surface area contributed by atoms with E-state index >= 15 is 0 Å². The number of aromatic amines is 1. The molecule has 2 aromatic rings. The van der Waals surface area contributed by atoms with Crippen LogP contribution in [0.3, 0.4) is 0 Å². The normalized spacial score (nSPS) is 25.1. The van der Waals surface area contributed by atoms with E-state index in [1.807, 2.05) is 24.0 Å². The highest BCUT2D eigenvalue weighted by Crippen LogP contribution is 2.31. The lowest BCUT2D eigenvalue weighted by molar-refractivity contribution is 0.0765. The van der Waals surface area contributed by atoms with Gasteiger partial charge in [0.2, 0.25) is 0 Å². The number of nitrogens with one attached hydrogen (secondary N) is 1. The molecule has 3 heterocycles. The average molecular weight is 319 g/mol. The molecule has 116 valence electrons. The van der Waals surface area contributed by atoms with Gasteiger partial charge in [0.05, 0.1) is 11.0 Å². The van der Waals surface area contributed by atoms with E-state index in [1.54, 1.807) is 0 Å². The Labute approximate surface area is 134 Å². The van der Waals surface area contributed by atoms with Crippen LogP contribution in [0.2, 0.25) is 5.02 Å². The fourth-order valence-electron chi connectivity index (χ4n) is 3.83. The molecule has 0 saturated carbocycles. The van der Waals surface area contributed by atoms with Crippen molar-refractivity contribution >= 4 is 28.5 Å². The summed E-state index contributed by atoms with van der Waals surface area (Å²) in [5.74, 6) is 1.64. The van der Waals surface area contributed by atoms with E-state index < -0.39 is 0 Å². The molecule has 5 nitrogen and oxygen atoms in total. The summed E-state index contributed by atoms with van der Waals surface area (Å²) in [5, 5.41) is 0.678. The van der Waals surface area contributed by atoms with E-state index in [0.717, 1.165) is 42.8 Å². The monoisotopic (exact) mass is 318 g/mol. The van der Waals surface area contributed by atoms with Crippen LogP contribution in [0.15, 0.2) is 12.1 Å². The molecule has 2 atom stereocenters. The number of benzene rings is 1. The number of nitrogens with zero attached hydrogens (tertiary/aromatic N) is 3. The van der Waals surface area contributed by atoms with Crippen LogP contribution in [0.25, 0.3) is 11.0 Å². The number of imidazole rings is 1. The third kappa shape index (κ3) is 2.11. The molecule has 2 aliphatic heterocycles. The van der Waals surface area contributed by atoms with Crippen LogP contribution in [0, 0.1) is 18.8 Å². The standard InChI is InChI=1S/C16H19ClN4O/c1-9-12(17)3-4-13-14(9)19-15(18-13)16(22)21-7-10-5-20(2)6-11(10)8-21/h3-4,10-11H,5-8H2,1-2H3,(H,18,19)/t10-,11+. The number of fused-ring (bicyclic) bond motifs is 2. The minimum Gasteiger partial charge on any atom is -0.335 e. The number of carbonyl (C=O) groups excluding carboxylic acids is 1. The molecule has 2 saturated heterocycles. The molecule has 0 aliphatic carbocycles. The summed E-state index contributed by atoms with van der Waals surface area (Å²) in [7, 11) is 2.15. The fraction of sp³-hybridized carbons (Fsp3) is 0.500. The third-order valence-electron chi connectivity index (χ3n) is 5.00. The predicted molar refractivity (Wildman–Crippen MR) is 86.2 cm³/mol. The topological polar surface area (TPSA) is 52.2 Å². The Morgan fingerprint density at radius 1 is 1.27 bits per heavy atom.